The number of likely N-dealkylation sites (tertiary alicyclic amines) is 1. The first kappa shape index (κ1) is 15.4. The lowest BCUT2D eigenvalue weighted by molar-refractivity contribution is -0.127. The van der Waals surface area contributed by atoms with Crippen molar-refractivity contribution in [1.29, 1.82) is 0 Å². The van der Waals surface area contributed by atoms with Gasteiger partial charge in [0.1, 0.15) is 0 Å². The minimum atomic E-state index is 0.264. The zero-order valence-corrected chi connectivity index (χ0v) is 12.9. The Morgan fingerprint density at radius 2 is 2.10 bits per heavy atom. The number of carbonyl (C=O) groups is 1. The molecule has 1 aromatic rings. The van der Waals surface area contributed by atoms with Crippen molar-refractivity contribution in [3.8, 4) is 0 Å². The summed E-state index contributed by atoms with van der Waals surface area (Å²) in [7, 11) is 0. The molecule has 110 valence electrons. The van der Waals surface area contributed by atoms with Crippen molar-refractivity contribution in [3.05, 3.63) is 35.9 Å². The van der Waals surface area contributed by atoms with Gasteiger partial charge in [-0.2, -0.15) is 11.8 Å². The Kier molecular flexibility index (Phi) is 5.92. The molecular formula is C16H24N2OS. The molecule has 20 heavy (non-hydrogen) atoms. The highest BCUT2D eigenvalue weighted by Gasteiger charge is 2.34. The predicted molar refractivity (Wildman–Crippen MR) is 85.9 cm³/mol. The first-order valence-electron chi connectivity index (χ1n) is 7.36. The topological polar surface area (TPSA) is 46.3 Å². The van der Waals surface area contributed by atoms with E-state index in [1.807, 2.05) is 11.0 Å². The van der Waals surface area contributed by atoms with Crippen molar-refractivity contribution in [3.63, 3.8) is 0 Å². The average Bonchev–Trinajstić information content (AvgIpc) is 2.92. The Labute approximate surface area is 125 Å². The summed E-state index contributed by atoms with van der Waals surface area (Å²) in [4.78, 5) is 14.2. The summed E-state index contributed by atoms with van der Waals surface area (Å²) in [6.45, 7) is 4.41. The molecule has 2 rings (SSSR count). The van der Waals surface area contributed by atoms with Gasteiger partial charge < -0.3 is 10.6 Å². The van der Waals surface area contributed by atoms with Gasteiger partial charge in [-0.3, -0.25) is 4.79 Å². The second-order valence-electron chi connectivity index (χ2n) is 5.36. The van der Waals surface area contributed by atoms with E-state index in [4.69, 9.17) is 5.73 Å². The van der Waals surface area contributed by atoms with Crippen LogP contribution in [0.15, 0.2) is 30.3 Å². The molecule has 0 aliphatic carbocycles. The Hall–Kier alpha value is -1.00. The van der Waals surface area contributed by atoms with Crippen LogP contribution in [-0.4, -0.2) is 41.9 Å². The van der Waals surface area contributed by atoms with Crippen molar-refractivity contribution in [2.24, 2.45) is 11.7 Å². The smallest absolute Gasteiger partial charge is 0.232 e. The Morgan fingerprint density at radius 1 is 1.35 bits per heavy atom. The predicted octanol–water partition coefficient (Wildman–Crippen LogP) is 2.33. The number of thioether (sulfide) groups is 1. The Morgan fingerprint density at radius 3 is 2.75 bits per heavy atom. The SMILES string of the molecule is CCCSCC(=O)N1C[C@@H](CN)[C@H](c2ccccc2)C1. The van der Waals surface area contributed by atoms with Gasteiger partial charge in [-0.1, -0.05) is 37.3 Å². The average molecular weight is 292 g/mol. The zero-order chi connectivity index (χ0) is 14.4. The summed E-state index contributed by atoms with van der Waals surface area (Å²) in [5.41, 5.74) is 7.21. The van der Waals surface area contributed by atoms with Gasteiger partial charge in [0.2, 0.25) is 5.91 Å². The van der Waals surface area contributed by atoms with Gasteiger partial charge in [-0.25, -0.2) is 0 Å². The molecule has 4 heteroatoms. The molecule has 3 nitrogen and oxygen atoms in total. The highest BCUT2D eigenvalue weighted by atomic mass is 32.2. The maximum atomic E-state index is 12.2. The van der Waals surface area contributed by atoms with Crippen LogP contribution >= 0.6 is 11.8 Å². The molecule has 0 radical (unpaired) electrons. The molecule has 0 spiro atoms. The molecule has 0 unspecified atom stereocenters. The number of benzene rings is 1. The van der Waals surface area contributed by atoms with Crippen LogP contribution in [0.3, 0.4) is 0 Å². The number of hydrogen-bond acceptors (Lipinski definition) is 3. The fourth-order valence-corrected chi connectivity index (χ4v) is 3.58. The molecule has 1 aliphatic rings. The van der Waals surface area contributed by atoms with Crippen LogP contribution in [0.5, 0.6) is 0 Å². The lowest BCUT2D eigenvalue weighted by atomic mass is 9.89. The molecule has 0 bridgehead atoms. The molecule has 1 amide bonds. The Bertz CT molecular complexity index is 424. The van der Waals surface area contributed by atoms with Gasteiger partial charge in [0.05, 0.1) is 5.75 Å². The first-order valence-corrected chi connectivity index (χ1v) is 8.52. The van der Waals surface area contributed by atoms with E-state index in [-0.39, 0.29) is 5.91 Å². The van der Waals surface area contributed by atoms with Crippen molar-refractivity contribution in [1.82, 2.24) is 4.90 Å². The quantitative estimate of drug-likeness (QED) is 0.819. The lowest BCUT2D eigenvalue weighted by Crippen LogP contribution is -2.31. The minimum Gasteiger partial charge on any atom is -0.341 e. The highest BCUT2D eigenvalue weighted by molar-refractivity contribution is 7.99. The summed E-state index contributed by atoms with van der Waals surface area (Å²) in [5, 5.41) is 0. The van der Waals surface area contributed by atoms with E-state index in [1.165, 1.54) is 5.56 Å². The van der Waals surface area contributed by atoms with E-state index >= 15 is 0 Å². The zero-order valence-electron chi connectivity index (χ0n) is 12.1. The van der Waals surface area contributed by atoms with E-state index < -0.39 is 0 Å². The van der Waals surface area contributed by atoms with Crippen LogP contribution in [0.1, 0.15) is 24.8 Å². The summed E-state index contributed by atoms with van der Waals surface area (Å²) in [6.07, 6.45) is 1.12. The van der Waals surface area contributed by atoms with E-state index in [0.29, 0.717) is 24.1 Å². The van der Waals surface area contributed by atoms with Crippen LogP contribution in [0.2, 0.25) is 0 Å². The molecule has 0 aromatic heterocycles. The van der Waals surface area contributed by atoms with E-state index in [1.54, 1.807) is 11.8 Å². The normalized spacial score (nSPS) is 22.2. The molecule has 1 heterocycles. The van der Waals surface area contributed by atoms with E-state index in [9.17, 15) is 4.79 Å². The maximum absolute atomic E-state index is 12.2. The minimum absolute atomic E-state index is 0.264. The highest BCUT2D eigenvalue weighted by Crippen LogP contribution is 2.32. The van der Waals surface area contributed by atoms with Crippen molar-refractivity contribution >= 4 is 17.7 Å². The molecule has 1 aliphatic heterocycles. The maximum Gasteiger partial charge on any atom is 0.232 e. The second-order valence-corrected chi connectivity index (χ2v) is 6.47. The van der Waals surface area contributed by atoms with Crippen molar-refractivity contribution < 1.29 is 4.79 Å². The number of nitrogens with zero attached hydrogens (tertiary/aromatic N) is 1. The Balaban J connectivity index is 1.97. The third kappa shape index (κ3) is 3.76. The number of carbonyl (C=O) groups excluding carboxylic acids is 1. The third-order valence-corrected chi connectivity index (χ3v) is 5.05. The van der Waals surface area contributed by atoms with Gasteiger partial charge >= 0.3 is 0 Å². The monoisotopic (exact) mass is 292 g/mol. The van der Waals surface area contributed by atoms with Crippen LogP contribution in [0.4, 0.5) is 0 Å². The largest absolute Gasteiger partial charge is 0.341 e. The van der Waals surface area contributed by atoms with E-state index in [0.717, 1.165) is 25.3 Å². The first-order chi connectivity index (χ1) is 9.76. The summed E-state index contributed by atoms with van der Waals surface area (Å²) >= 11 is 1.73. The third-order valence-electron chi connectivity index (χ3n) is 3.90. The van der Waals surface area contributed by atoms with Crippen molar-refractivity contribution in [2.75, 3.05) is 31.1 Å². The summed E-state index contributed by atoms with van der Waals surface area (Å²) in [6, 6.07) is 10.4. The summed E-state index contributed by atoms with van der Waals surface area (Å²) in [5.74, 6) is 2.70. The molecule has 0 saturated carbocycles. The second kappa shape index (κ2) is 7.70. The van der Waals surface area contributed by atoms with Crippen LogP contribution < -0.4 is 5.73 Å². The van der Waals surface area contributed by atoms with Gasteiger partial charge in [0.25, 0.3) is 0 Å². The van der Waals surface area contributed by atoms with E-state index in [2.05, 4.69) is 31.2 Å². The van der Waals surface area contributed by atoms with Crippen LogP contribution in [0, 0.1) is 5.92 Å². The number of nitrogens with two attached hydrogens (primary N) is 1. The molecule has 1 aromatic carbocycles. The van der Waals surface area contributed by atoms with Crippen molar-refractivity contribution in [2.45, 2.75) is 19.3 Å². The van der Waals surface area contributed by atoms with Crippen LogP contribution in [-0.2, 0) is 4.79 Å². The number of amides is 1. The van der Waals surface area contributed by atoms with Gasteiger partial charge in [-0.15, -0.1) is 0 Å². The lowest BCUT2D eigenvalue weighted by Gasteiger charge is -2.16. The standard InChI is InChI=1S/C16H24N2OS/c1-2-8-20-12-16(19)18-10-14(9-17)15(11-18)13-6-4-3-5-7-13/h3-7,14-15H,2,8-12,17H2,1H3/t14-,15+/m1/s1. The fraction of sp³-hybridized carbons (Fsp3) is 0.562. The molecule has 1 fully saturated rings. The van der Waals surface area contributed by atoms with Gasteiger partial charge in [-0.05, 0) is 30.2 Å². The van der Waals surface area contributed by atoms with Gasteiger partial charge in [0.15, 0.2) is 0 Å². The molecule has 2 N–H and O–H groups in total. The molecule has 2 atom stereocenters. The van der Waals surface area contributed by atoms with Gasteiger partial charge in [0, 0.05) is 19.0 Å². The molecular weight excluding hydrogens is 268 g/mol. The summed E-state index contributed by atoms with van der Waals surface area (Å²) < 4.78 is 0. The number of hydrogen-bond donors (Lipinski definition) is 1. The number of rotatable bonds is 6. The van der Waals surface area contributed by atoms with Crippen LogP contribution in [0.25, 0.3) is 0 Å². The fourth-order valence-electron chi connectivity index (χ4n) is 2.79. The molecule has 1 saturated heterocycles.